The fourth-order valence-corrected chi connectivity index (χ4v) is 6.53. The number of thiophene rings is 2. The van der Waals surface area contributed by atoms with Gasteiger partial charge in [0.15, 0.2) is 12.2 Å². The fraction of sp³-hybridized carbons (Fsp3) is 0.258. The van der Waals surface area contributed by atoms with Crippen molar-refractivity contribution in [1.29, 1.82) is 0 Å². The minimum atomic E-state index is -1.30. The van der Waals surface area contributed by atoms with Crippen molar-refractivity contribution >= 4 is 63.7 Å². The lowest BCUT2D eigenvalue weighted by molar-refractivity contribution is -0.147. The molecular formula is C31H28Cl2N2O7S2. The maximum Gasteiger partial charge on any atom is 0.326 e. The summed E-state index contributed by atoms with van der Waals surface area (Å²) >= 11 is 15.4. The maximum atomic E-state index is 13.6. The lowest BCUT2D eigenvalue weighted by atomic mass is 10.0. The number of hydrogen-bond acceptors (Lipinski definition) is 8. The van der Waals surface area contributed by atoms with Crippen LogP contribution in [0, 0.1) is 0 Å². The smallest absolute Gasteiger partial charge is 0.326 e. The molecule has 5 rings (SSSR count). The molecule has 9 nitrogen and oxygen atoms in total. The molecule has 2 amide bonds. The van der Waals surface area contributed by atoms with Crippen LogP contribution in [-0.4, -0.2) is 52.8 Å². The van der Waals surface area contributed by atoms with Crippen molar-refractivity contribution < 1.29 is 33.7 Å². The number of ether oxygens (including phenoxy) is 3. The van der Waals surface area contributed by atoms with Gasteiger partial charge in [-0.05, 0) is 52.7 Å². The van der Waals surface area contributed by atoms with E-state index in [1.807, 2.05) is 35.0 Å². The Morgan fingerprint density at radius 3 is 2.09 bits per heavy atom. The Morgan fingerprint density at radius 1 is 0.909 bits per heavy atom. The van der Waals surface area contributed by atoms with Crippen LogP contribution in [0.25, 0.3) is 0 Å². The highest BCUT2D eigenvalue weighted by Gasteiger charge is 2.43. The van der Waals surface area contributed by atoms with Gasteiger partial charge in [-0.2, -0.15) is 0 Å². The van der Waals surface area contributed by atoms with E-state index in [4.69, 9.17) is 37.4 Å². The third-order valence-electron chi connectivity index (χ3n) is 6.86. The van der Waals surface area contributed by atoms with Crippen LogP contribution in [0.3, 0.4) is 0 Å². The number of carboxylic acids is 1. The van der Waals surface area contributed by atoms with Crippen LogP contribution in [-0.2, 0) is 50.0 Å². The second-order valence-electron chi connectivity index (χ2n) is 9.88. The van der Waals surface area contributed by atoms with Crippen LogP contribution in [0.1, 0.15) is 20.9 Å². The topological polar surface area (TPSA) is 114 Å². The predicted molar refractivity (Wildman–Crippen MR) is 168 cm³/mol. The standard InChI is InChI=1S/C31H28Cl2N2O7S2/c32-24-6-1-7-25(33)23(24)17-40-20-10-8-19(9-11-20)14-26(31(38)39)34-29(36)27-28(42-18-41-27)30(37)35(15-21-4-2-12-43-21)16-22-5-3-13-44-22/h1-13,26-28H,14-18H2,(H,34,36)(H,38,39)/t26-,27+,28+/m0/s1. The van der Waals surface area contributed by atoms with E-state index < -0.39 is 36.0 Å². The first-order valence-corrected chi connectivity index (χ1v) is 16.0. The van der Waals surface area contributed by atoms with E-state index in [0.29, 0.717) is 40.0 Å². The van der Waals surface area contributed by atoms with Gasteiger partial charge in [0.2, 0.25) is 0 Å². The summed E-state index contributed by atoms with van der Waals surface area (Å²) in [7, 11) is 0. The molecule has 1 fully saturated rings. The Balaban J connectivity index is 1.21. The van der Waals surface area contributed by atoms with Crippen LogP contribution in [0.5, 0.6) is 5.75 Å². The minimum Gasteiger partial charge on any atom is -0.489 e. The SMILES string of the molecule is O=C(O)[C@H](Cc1ccc(OCc2c(Cl)cccc2Cl)cc1)NC(=O)[C@@H]1OCO[C@H]1C(=O)N(Cc1cccs1)Cc1cccs1. The van der Waals surface area contributed by atoms with Gasteiger partial charge in [-0.15, -0.1) is 22.7 Å². The number of rotatable bonds is 13. The highest BCUT2D eigenvalue weighted by molar-refractivity contribution is 7.10. The van der Waals surface area contributed by atoms with Gasteiger partial charge in [0, 0.05) is 31.8 Å². The first kappa shape index (κ1) is 32.0. The quantitative estimate of drug-likeness (QED) is 0.185. The van der Waals surface area contributed by atoms with Gasteiger partial charge >= 0.3 is 5.97 Å². The van der Waals surface area contributed by atoms with Crippen LogP contribution in [0.15, 0.2) is 77.5 Å². The normalized spacial score (nSPS) is 16.8. The Kier molecular flexibility index (Phi) is 10.9. The first-order chi connectivity index (χ1) is 21.3. The van der Waals surface area contributed by atoms with E-state index >= 15 is 0 Å². The summed E-state index contributed by atoms with van der Waals surface area (Å²) in [4.78, 5) is 42.6. The zero-order chi connectivity index (χ0) is 31.1. The highest BCUT2D eigenvalue weighted by atomic mass is 35.5. The lowest BCUT2D eigenvalue weighted by Gasteiger charge is -2.26. The number of carbonyl (C=O) groups excluding carboxylic acids is 2. The summed E-state index contributed by atoms with van der Waals surface area (Å²) in [5.74, 6) is -1.85. The van der Waals surface area contributed by atoms with Crippen molar-refractivity contribution in [2.24, 2.45) is 0 Å². The fourth-order valence-electron chi connectivity index (χ4n) is 4.58. The first-order valence-electron chi connectivity index (χ1n) is 13.5. The average Bonchev–Trinajstić information content (AvgIpc) is 3.80. The highest BCUT2D eigenvalue weighted by Crippen LogP contribution is 2.26. The molecule has 3 atom stereocenters. The van der Waals surface area contributed by atoms with Crippen molar-refractivity contribution in [3.8, 4) is 5.75 Å². The Morgan fingerprint density at radius 2 is 1.52 bits per heavy atom. The van der Waals surface area contributed by atoms with Crippen molar-refractivity contribution in [2.45, 2.75) is 44.4 Å². The van der Waals surface area contributed by atoms with Gasteiger partial charge in [-0.1, -0.05) is 53.5 Å². The van der Waals surface area contributed by atoms with E-state index in [2.05, 4.69) is 5.32 Å². The van der Waals surface area contributed by atoms with Crippen LogP contribution in [0.2, 0.25) is 10.0 Å². The molecule has 2 aromatic carbocycles. The largest absolute Gasteiger partial charge is 0.489 e. The number of benzene rings is 2. The molecule has 1 saturated heterocycles. The van der Waals surface area contributed by atoms with Crippen molar-refractivity contribution in [3.63, 3.8) is 0 Å². The molecule has 0 bridgehead atoms. The molecular weight excluding hydrogens is 647 g/mol. The molecule has 13 heteroatoms. The Hall–Kier alpha value is -3.45. The van der Waals surface area contributed by atoms with Crippen LogP contribution in [0.4, 0.5) is 0 Å². The second kappa shape index (κ2) is 15.0. The van der Waals surface area contributed by atoms with Crippen LogP contribution < -0.4 is 10.1 Å². The number of amides is 2. The summed E-state index contributed by atoms with van der Waals surface area (Å²) in [6.45, 7) is 0.572. The summed E-state index contributed by atoms with van der Waals surface area (Å²) in [5, 5.41) is 17.3. The minimum absolute atomic E-state index is 0.00718. The van der Waals surface area contributed by atoms with Gasteiger partial charge in [-0.3, -0.25) is 9.59 Å². The van der Waals surface area contributed by atoms with Crippen LogP contribution >= 0.6 is 45.9 Å². The molecule has 0 spiro atoms. The number of halogens is 2. The molecule has 4 aromatic rings. The number of aliphatic carboxylic acids is 1. The zero-order valence-electron chi connectivity index (χ0n) is 23.2. The molecule has 2 N–H and O–H groups in total. The molecule has 3 heterocycles. The van der Waals surface area contributed by atoms with Gasteiger partial charge in [0.25, 0.3) is 11.8 Å². The molecule has 0 saturated carbocycles. The number of nitrogens with one attached hydrogen (secondary N) is 1. The van der Waals surface area contributed by atoms with Gasteiger partial charge in [0.1, 0.15) is 25.2 Å². The molecule has 1 aliphatic rings. The maximum absolute atomic E-state index is 13.6. The number of carboxylic acid groups (broad SMARTS) is 1. The van der Waals surface area contributed by atoms with Crippen molar-refractivity contribution in [3.05, 3.63) is 108 Å². The van der Waals surface area contributed by atoms with E-state index in [-0.39, 0.29) is 19.8 Å². The second-order valence-corrected chi connectivity index (χ2v) is 12.8. The van der Waals surface area contributed by atoms with E-state index in [1.165, 1.54) is 22.7 Å². The van der Waals surface area contributed by atoms with Crippen molar-refractivity contribution in [1.82, 2.24) is 10.2 Å². The lowest BCUT2D eigenvalue weighted by Crippen LogP contribution is -2.52. The number of nitrogens with zero attached hydrogens (tertiary/aromatic N) is 1. The zero-order valence-corrected chi connectivity index (χ0v) is 26.3. The van der Waals surface area contributed by atoms with E-state index in [1.54, 1.807) is 47.4 Å². The van der Waals surface area contributed by atoms with Gasteiger partial charge < -0.3 is 29.5 Å². The van der Waals surface area contributed by atoms with E-state index in [9.17, 15) is 19.5 Å². The predicted octanol–water partition coefficient (Wildman–Crippen LogP) is 5.78. The molecule has 230 valence electrons. The molecule has 0 aliphatic carbocycles. The van der Waals surface area contributed by atoms with Crippen molar-refractivity contribution in [2.75, 3.05) is 6.79 Å². The summed E-state index contributed by atoms with van der Waals surface area (Å²) < 4.78 is 16.8. The summed E-state index contributed by atoms with van der Waals surface area (Å²) in [6, 6.07) is 18.4. The van der Waals surface area contributed by atoms with Gasteiger partial charge in [-0.25, -0.2) is 4.79 Å². The van der Waals surface area contributed by atoms with Gasteiger partial charge in [0.05, 0.1) is 13.1 Å². The third-order valence-corrected chi connectivity index (χ3v) is 9.29. The summed E-state index contributed by atoms with van der Waals surface area (Å²) in [5.41, 5.74) is 1.31. The molecule has 1 aliphatic heterocycles. The molecule has 2 aromatic heterocycles. The number of carbonyl (C=O) groups is 3. The molecule has 0 unspecified atom stereocenters. The molecule has 44 heavy (non-hydrogen) atoms. The average molecular weight is 676 g/mol. The van der Waals surface area contributed by atoms with E-state index in [0.717, 1.165) is 9.75 Å². The molecule has 0 radical (unpaired) electrons. The Bertz CT molecular complexity index is 1510. The monoisotopic (exact) mass is 674 g/mol. The third kappa shape index (κ3) is 8.17. The Labute approximate surface area is 271 Å². The number of hydrogen-bond donors (Lipinski definition) is 2. The summed E-state index contributed by atoms with van der Waals surface area (Å²) in [6.07, 6.45) is -2.52.